The van der Waals surface area contributed by atoms with E-state index in [1.807, 2.05) is 0 Å². The maximum absolute atomic E-state index is 3.70. The molecule has 4 saturated carbocycles. The van der Waals surface area contributed by atoms with Crippen molar-refractivity contribution in [3.05, 3.63) is 29.3 Å². The predicted molar refractivity (Wildman–Crippen MR) is 83.0 cm³/mol. The smallest absolute Gasteiger partial charge is 0.0376 e. The molecular formula is C19H25N. The molecule has 6 rings (SSSR count). The van der Waals surface area contributed by atoms with Gasteiger partial charge in [-0.05, 0) is 80.2 Å². The lowest BCUT2D eigenvalue weighted by Crippen LogP contribution is -2.49. The van der Waals surface area contributed by atoms with Crippen molar-refractivity contribution in [1.82, 2.24) is 0 Å². The number of aryl methyl sites for hydroxylation is 1. The van der Waals surface area contributed by atoms with Crippen LogP contribution in [0.3, 0.4) is 0 Å². The fraction of sp³-hybridized carbons (Fsp3) is 0.684. The molecule has 1 aliphatic heterocycles. The van der Waals surface area contributed by atoms with Crippen molar-refractivity contribution in [2.75, 3.05) is 11.9 Å². The summed E-state index contributed by atoms with van der Waals surface area (Å²) in [6.45, 7) is 3.44. The third kappa shape index (κ3) is 1.50. The summed E-state index contributed by atoms with van der Waals surface area (Å²) >= 11 is 0. The molecule has 1 heteroatoms. The fourth-order valence-electron chi connectivity index (χ4n) is 6.60. The van der Waals surface area contributed by atoms with Crippen LogP contribution >= 0.6 is 0 Å². The molecule has 1 nitrogen and oxygen atoms in total. The van der Waals surface area contributed by atoms with Crippen LogP contribution < -0.4 is 5.32 Å². The van der Waals surface area contributed by atoms with E-state index in [-0.39, 0.29) is 0 Å². The van der Waals surface area contributed by atoms with E-state index in [2.05, 4.69) is 30.4 Å². The Morgan fingerprint density at radius 2 is 1.65 bits per heavy atom. The Bertz CT molecular complexity index is 524. The molecule has 1 N–H and O–H groups in total. The highest BCUT2D eigenvalue weighted by Gasteiger charge is 2.55. The Balaban J connectivity index is 1.57. The van der Waals surface area contributed by atoms with E-state index in [0.717, 1.165) is 23.7 Å². The van der Waals surface area contributed by atoms with Crippen molar-refractivity contribution in [3.63, 3.8) is 0 Å². The Morgan fingerprint density at radius 3 is 2.30 bits per heavy atom. The van der Waals surface area contributed by atoms with Crippen molar-refractivity contribution >= 4 is 5.69 Å². The normalized spacial score (nSPS) is 44.5. The number of hydrogen-bond donors (Lipinski definition) is 1. The Labute approximate surface area is 122 Å². The van der Waals surface area contributed by atoms with Gasteiger partial charge < -0.3 is 5.32 Å². The first-order chi connectivity index (χ1) is 9.72. The second-order valence-corrected chi connectivity index (χ2v) is 8.30. The lowest BCUT2D eigenvalue weighted by Gasteiger charge is -2.59. The molecule has 106 valence electrons. The average molecular weight is 267 g/mol. The van der Waals surface area contributed by atoms with Gasteiger partial charge >= 0.3 is 0 Å². The highest BCUT2D eigenvalue weighted by Crippen LogP contribution is 2.65. The van der Waals surface area contributed by atoms with Gasteiger partial charge in [0.15, 0.2) is 0 Å². The van der Waals surface area contributed by atoms with Crippen LogP contribution in [0.1, 0.15) is 55.6 Å². The molecule has 0 amide bonds. The SMILES string of the molecule is Cc1ccc2c(c1)C(C13CC4CC(CC(C4)C1)C3)CN2. The zero-order valence-electron chi connectivity index (χ0n) is 12.5. The predicted octanol–water partition coefficient (Wildman–Crippen LogP) is 4.72. The molecule has 5 aliphatic rings. The molecule has 1 aromatic rings. The minimum atomic E-state index is 0.654. The van der Waals surface area contributed by atoms with Crippen molar-refractivity contribution in [3.8, 4) is 0 Å². The molecule has 1 aromatic carbocycles. The van der Waals surface area contributed by atoms with Crippen LogP contribution in [-0.4, -0.2) is 6.54 Å². The maximum Gasteiger partial charge on any atom is 0.0376 e. The Hall–Kier alpha value is -0.980. The van der Waals surface area contributed by atoms with Gasteiger partial charge in [-0.3, -0.25) is 0 Å². The van der Waals surface area contributed by atoms with Crippen LogP contribution in [0.5, 0.6) is 0 Å². The number of anilines is 1. The number of fused-ring (bicyclic) bond motifs is 1. The van der Waals surface area contributed by atoms with Crippen LogP contribution in [0.2, 0.25) is 0 Å². The number of nitrogens with one attached hydrogen (secondary N) is 1. The maximum atomic E-state index is 3.70. The monoisotopic (exact) mass is 267 g/mol. The second-order valence-electron chi connectivity index (χ2n) is 8.30. The lowest BCUT2D eigenvalue weighted by molar-refractivity contribution is -0.0653. The molecular weight excluding hydrogens is 242 g/mol. The third-order valence-corrected chi connectivity index (χ3v) is 6.90. The van der Waals surface area contributed by atoms with Gasteiger partial charge in [0, 0.05) is 18.2 Å². The van der Waals surface area contributed by atoms with E-state index in [4.69, 9.17) is 0 Å². The van der Waals surface area contributed by atoms with Crippen LogP contribution in [0.25, 0.3) is 0 Å². The van der Waals surface area contributed by atoms with E-state index in [0.29, 0.717) is 5.41 Å². The molecule has 0 spiro atoms. The first-order valence-corrected chi connectivity index (χ1v) is 8.56. The third-order valence-electron chi connectivity index (χ3n) is 6.90. The van der Waals surface area contributed by atoms with Crippen LogP contribution in [0.4, 0.5) is 5.69 Å². The molecule has 1 unspecified atom stereocenters. The van der Waals surface area contributed by atoms with Gasteiger partial charge in [-0.25, -0.2) is 0 Å². The largest absolute Gasteiger partial charge is 0.384 e. The van der Waals surface area contributed by atoms with Gasteiger partial charge in [0.25, 0.3) is 0 Å². The number of rotatable bonds is 1. The number of hydrogen-bond acceptors (Lipinski definition) is 1. The summed E-state index contributed by atoms with van der Waals surface area (Å²) in [6, 6.07) is 7.04. The van der Waals surface area contributed by atoms with E-state index in [9.17, 15) is 0 Å². The zero-order chi connectivity index (χ0) is 13.3. The molecule has 20 heavy (non-hydrogen) atoms. The summed E-state index contributed by atoms with van der Waals surface area (Å²) in [5.41, 5.74) is 5.16. The zero-order valence-corrected chi connectivity index (χ0v) is 12.5. The lowest BCUT2D eigenvalue weighted by atomic mass is 9.46. The highest BCUT2D eigenvalue weighted by molar-refractivity contribution is 5.59. The summed E-state index contributed by atoms with van der Waals surface area (Å²) in [4.78, 5) is 0. The van der Waals surface area contributed by atoms with Crippen molar-refractivity contribution in [1.29, 1.82) is 0 Å². The summed E-state index contributed by atoms with van der Waals surface area (Å²) < 4.78 is 0. The van der Waals surface area contributed by atoms with E-state index in [1.165, 1.54) is 37.1 Å². The van der Waals surface area contributed by atoms with Gasteiger partial charge in [-0.1, -0.05) is 17.7 Å². The topological polar surface area (TPSA) is 12.0 Å². The van der Waals surface area contributed by atoms with Crippen LogP contribution in [0, 0.1) is 30.1 Å². The van der Waals surface area contributed by atoms with Gasteiger partial charge in [0.2, 0.25) is 0 Å². The van der Waals surface area contributed by atoms with Gasteiger partial charge in [-0.15, -0.1) is 0 Å². The summed E-state index contributed by atoms with van der Waals surface area (Å²) in [6.07, 6.45) is 9.25. The molecule has 4 bridgehead atoms. The van der Waals surface area contributed by atoms with Crippen LogP contribution in [0.15, 0.2) is 18.2 Å². The molecule has 4 fully saturated rings. The first kappa shape index (κ1) is 11.7. The van der Waals surface area contributed by atoms with Crippen molar-refractivity contribution < 1.29 is 0 Å². The van der Waals surface area contributed by atoms with E-state index < -0.39 is 0 Å². The molecule has 0 radical (unpaired) electrons. The van der Waals surface area contributed by atoms with Gasteiger partial charge in [0.1, 0.15) is 0 Å². The van der Waals surface area contributed by atoms with Gasteiger partial charge in [-0.2, -0.15) is 0 Å². The number of benzene rings is 1. The van der Waals surface area contributed by atoms with E-state index in [1.54, 1.807) is 24.8 Å². The molecule has 0 aromatic heterocycles. The van der Waals surface area contributed by atoms with Crippen LogP contribution in [-0.2, 0) is 0 Å². The summed E-state index contributed by atoms with van der Waals surface area (Å²) in [5, 5.41) is 3.70. The minimum absolute atomic E-state index is 0.654. The molecule has 1 atom stereocenters. The standard InChI is InChI=1S/C19H25N/c1-12-2-3-18-16(4-12)17(11-20-18)19-8-13-5-14(9-19)7-15(6-13)10-19/h2-4,13-15,17,20H,5-11H2,1H3. The molecule has 4 aliphatic carbocycles. The van der Waals surface area contributed by atoms with Gasteiger partial charge in [0.05, 0.1) is 0 Å². The molecule has 0 saturated heterocycles. The minimum Gasteiger partial charge on any atom is -0.384 e. The Kier molecular flexibility index (Phi) is 2.22. The van der Waals surface area contributed by atoms with Crippen molar-refractivity contribution in [2.24, 2.45) is 23.2 Å². The van der Waals surface area contributed by atoms with Crippen molar-refractivity contribution in [2.45, 2.75) is 51.4 Å². The van der Waals surface area contributed by atoms with E-state index >= 15 is 0 Å². The summed E-state index contributed by atoms with van der Waals surface area (Å²) in [7, 11) is 0. The first-order valence-electron chi connectivity index (χ1n) is 8.56. The quantitative estimate of drug-likeness (QED) is 0.776. The summed E-state index contributed by atoms with van der Waals surface area (Å²) in [5.74, 6) is 3.99. The molecule has 1 heterocycles. The Morgan fingerprint density at radius 1 is 1.00 bits per heavy atom. The fourth-order valence-corrected chi connectivity index (χ4v) is 6.60. The average Bonchev–Trinajstić information content (AvgIpc) is 2.80. The highest BCUT2D eigenvalue weighted by atomic mass is 14.9. The second kappa shape index (κ2) is 3.81.